The van der Waals surface area contributed by atoms with Gasteiger partial charge in [-0.15, -0.1) is 0 Å². The van der Waals surface area contributed by atoms with E-state index in [0.717, 1.165) is 0 Å². The average molecular weight is 592 g/mol. The predicted molar refractivity (Wildman–Crippen MR) is 135 cm³/mol. The van der Waals surface area contributed by atoms with E-state index in [-0.39, 0.29) is 58.5 Å². The van der Waals surface area contributed by atoms with Gasteiger partial charge < -0.3 is 30.6 Å². The molecular formula is C26H31N4O12+. The Hall–Kier alpha value is -4.15. The lowest BCUT2D eigenvalue weighted by Gasteiger charge is -2.55. The smallest absolute Gasteiger partial charge is 0.362 e. The van der Waals surface area contributed by atoms with Crippen LogP contribution in [0.25, 0.3) is 0 Å². The van der Waals surface area contributed by atoms with Crippen molar-refractivity contribution in [1.29, 1.82) is 0 Å². The van der Waals surface area contributed by atoms with Gasteiger partial charge in [-0.2, -0.15) is 0 Å². The summed E-state index contributed by atoms with van der Waals surface area (Å²) in [6.07, 6.45) is -0.609. The molecule has 16 nitrogen and oxygen atoms in total. The molecule has 0 radical (unpaired) electrons. The molecular weight excluding hydrogens is 560 g/mol. The molecule has 2 saturated carbocycles. The van der Waals surface area contributed by atoms with Crippen LogP contribution in [-0.2, 0) is 41.9 Å². The number of hydrogen-bond acceptors (Lipinski definition) is 9. The summed E-state index contributed by atoms with van der Waals surface area (Å²) in [5.74, 6) is -10.4. The molecule has 1 saturated heterocycles. The lowest BCUT2D eigenvalue weighted by atomic mass is 9.86. The Bertz CT molecular complexity index is 1360. The summed E-state index contributed by atoms with van der Waals surface area (Å²) in [5, 5.41) is 59.6. The first-order chi connectivity index (χ1) is 19.7. The van der Waals surface area contributed by atoms with Crippen LogP contribution in [0.2, 0.25) is 0 Å². The normalized spacial score (nSPS) is 36.5. The number of hydrogen-bond donors (Lipinski definition) is 6. The van der Waals surface area contributed by atoms with Crippen LogP contribution in [0, 0.1) is 11.8 Å². The van der Waals surface area contributed by atoms with Gasteiger partial charge in [0, 0.05) is 26.2 Å². The summed E-state index contributed by atoms with van der Waals surface area (Å²) >= 11 is 0. The van der Waals surface area contributed by atoms with Crippen LogP contribution in [-0.4, -0.2) is 135 Å². The molecule has 2 aliphatic carbocycles. The van der Waals surface area contributed by atoms with Gasteiger partial charge in [0.2, 0.25) is 0 Å². The van der Waals surface area contributed by atoms with Gasteiger partial charge in [0.15, 0.2) is 12.1 Å². The Morgan fingerprint density at radius 1 is 0.714 bits per heavy atom. The summed E-state index contributed by atoms with van der Waals surface area (Å²) in [4.78, 5) is 80.6. The summed E-state index contributed by atoms with van der Waals surface area (Å²) in [7, 11) is 0. The molecule has 6 atom stereocenters. The highest BCUT2D eigenvalue weighted by Crippen LogP contribution is 2.52. The summed E-state index contributed by atoms with van der Waals surface area (Å²) in [6, 6.07) is 2.51. The van der Waals surface area contributed by atoms with Gasteiger partial charge in [0.05, 0.1) is 36.2 Å². The van der Waals surface area contributed by atoms with Gasteiger partial charge in [-0.1, -0.05) is 6.07 Å². The average Bonchev–Trinajstić information content (AvgIpc) is 3.78. The molecule has 0 amide bonds. The van der Waals surface area contributed by atoms with E-state index in [1.54, 1.807) is 18.2 Å². The van der Waals surface area contributed by atoms with E-state index < -0.39 is 75.3 Å². The fourth-order valence-corrected chi connectivity index (χ4v) is 7.17. The number of fused-ring (bicyclic) bond motifs is 2. The van der Waals surface area contributed by atoms with Crippen molar-refractivity contribution in [3.8, 4) is 0 Å². The molecule has 2 bridgehead atoms. The van der Waals surface area contributed by atoms with Crippen LogP contribution in [0.4, 0.5) is 0 Å². The van der Waals surface area contributed by atoms with Crippen LogP contribution >= 0.6 is 0 Å². The lowest BCUT2D eigenvalue weighted by Crippen LogP contribution is -2.76. The van der Waals surface area contributed by atoms with Gasteiger partial charge in [0.1, 0.15) is 17.6 Å². The van der Waals surface area contributed by atoms with Gasteiger partial charge in [0.25, 0.3) is 0 Å². The topological polar surface area (TPSA) is 243 Å². The van der Waals surface area contributed by atoms with Crippen molar-refractivity contribution < 1.29 is 63.9 Å². The monoisotopic (exact) mass is 591 g/mol. The van der Waals surface area contributed by atoms with E-state index in [4.69, 9.17) is 0 Å². The van der Waals surface area contributed by atoms with Gasteiger partial charge in [-0.25, -0.2) is 9.59 Å². The number of aromatic nitrogens is 1. The number of carbonyl (C=O) groups is 6. The molecule has 4 aliphatic rings. The van der Waals surface area contributed by atoms with Crippen molar-refractivity contribution in [3.05, 3.63) is 29.6 Å². The van der Waals surface area contributed by atoms with Gasteiger partial charge in [-0.05, 0) is 25.0 Å². The highest BCUT2D eigenvalue weighted by atomic mass is 16.4. The molecule has 1 aromatic rings. The predicted octanol–water partition coefficient (Wildman–Crippen LogP) is -1.32. The zero-order valence-corrected chi connectivity index (χ0v) is 22.3. The molecule has 6 N–H and O–H groups in total. The van der Waals surface area contributed by atoms with Crippen LogP contribution in [0.1, 0.15) is 30.7 Å². The molecule has 0 aromatic carbocycles. The Labute approximate surface area is 238 Å². The van der Waals surface area contributed by atoms with E-state index in [1.807, 2.05) is 0 Å². The first-order valence-corrected chi connectivity index (χ1v) is 13.4. The van der Waals surface area contributed by atoms with Gasteiger partial charge >= 0.3 is 35.8 Å². The Morgan fingerprint density at radius 3 is 1.69 bits per heavy atom. The molecule has 3 fully saturated rings. The minimum absolute atomic E-state index is 0.139. The number of carboxylic acid groups (broad SMARTS) is 6. The third-order valence-corrected chi connectivity index (χ3v) is 9.69. The van der Waals surface area contributed by atoms with Crippen LogP contribution in [0.3, 0.4) is 0 Å². The molecule has 2 aliphatic heterocycles. The van der Waals surface area contributed by atoms with Crippen molar-refractivity contribution in [1.82, 2.24) is 14.8 Å². The van der Waals surface area contributed by atoms with Crippen LogP contribution < -0.4 is 0 Å². The summed E-state index contributed by atoms with van der Waals surface area (Å²) < 4.78 is -0.463. The van der Waals surface area contributed by atoms with E-state index in [9.17, 15) is 59.4 Å². The minimum atomic E-state index is -1.88. The fourth-order valence-electron chi connectivity index (χ4n) is 7.17. The maximum Gasteiger partial charge on any atom is 0.362 e. The first kappa shape index (κ1) is 29.3. The highest BCUT2D eigenvalue weighted by Gasteiger charge is 2.71. The number of quaternary nitrogens is 1. The molecule has 1 spiro atoms. The fraction of sp³-hybridized carbons (Fsp3) is 0.577. The first-order valence-electron chi connectivity index (χ1n) is 13.4. The lowest BCUT2D eigenvalue weighted by molar-refractivity contribution is -1.01. The van der Waals surface area contributed by atoms with Crippen molar-refractivity contribution in [2.75, 3.05) is 26.2 Å². The second-order valence-electron chi connectivity index (χ2n) is 11.6. The zero-order valence-electron chi connectivity index (χ0n) is 22.3. The minimum Gasteiger partial charge on any atom is -0.481 e. The van der Waals surface area contributed by atoms with Crippen LogP contribution in [0.15, 0.2) is 18.2 Å². The van der Waals surface area contributed by atoms with Crippen LogP contribution in [0.5, 0.6) is 0 Å². The van der Waals surface area contributed by atoms with E-state index in [0.29, 0.717) is 11.4 Å². The van der Waals surface area contributed by atoms with E-state index in [1.165, 1.54) is 9.80 Å². The molecule has 6 unspecified atom stereocenters. The van der Waals surface area contributed by atoms with E-state index in [2.05, 4.69) is 4.98 Å². The highest BCUT2D eigenvalue weighted by molar-refractivity contribution is 5.94. The number of aliphatic carboxylic acids is 6. The van der Waals surface area contributed by atoms with E-state index >= 15 is 0 Å². The van der Waals surface area contributed by atoms with Crippen molar-refractivity contribution in [3.63, 3.8) is 0 Å². The number of rotatable bonds is 8. The number of pyridine rings is 1. The summed E-state index contributed by atoms with van der Waals surface area (Å²) in [6.45, 7) is -1.03. The zero-order chi connectivity index (χ0) is 30.8. The number of nitrogens with zero attached hydrogens (tertiary/aromatic N) is 4. The molecule has 3 heterocycles. The largest absolute Gasteiger partial charge is 0.481 e. The molecule has 226 valence electrons. The Morgan fingerprint density at radius 2 is 1.21 bits per heavy atom. The second kappa shape index (κ2) is 9.99. The molecule has 16 heteroatoms. The Kier molecular flexibility index (Phi) is 6.98. The second-order valence-corrected chi connectivity index (χ2v) is 11.6. The number of carboxylic acids is 6. The third-order valence-electron chi connectivity index (χ3n) is 9.69. The standard InChI is InChI=1S/C26H30N4O12/c31-19(32)15-9-25(15,23(39)40)28-4-5-29(26(24(41)42)10-16(26)20(33)34)11-13-2-1-3-14(27-13)12-30(7-6-28)17(21(35)36)8-18(30)22(37)38/h1-3,15-18H,4-12H2,(H5-,31,32,33,34,35,36,37,38,39,40,41,42)/p+1. The third kappa shape index (κ3) is 4.37. The van der Waals surface area contributed by atoms with Gasteiger partial charge in [-0.3, -0.25) is 38.4 Å². The van der Waals surface area contributed by atoms with Crippen molar-refractivity contribution >= 4 is 35.8 Å². The molecule has 42 heavy (non-hydrogen) atoms. The Balaban J connectivity index is 1.61. The van der Waals surface area contributed by atoms with Crippen molar-refractivity contribution in [2.24, 2.45) is 11.8 Å². The summed E-state index contributed by atoms with van der Waals surface area (Å²) in [5.41, 5.74) is -3.02. The quantitative estimate of drug-likeness (QED) is 0.192. The van der Waals surface area contributed by atoms with Crippen molar-refractivity contribution in [2.45, 2.75) is 55.5 Å². The molecule has 5 rings (SSSR count). The SMILES string of the molecule is O=C(O)C1CC1(C(=O)O)N1CCN(C2(C(=O)O)CC2C(=O)O)Cc2cccc(n2)C[N+]2(CC1)C(C(=O)O)CC2C(=O)O. The maximum atomic E-state index is 12.5. The molecule has 1 aromatic heterocycles. The maximum absolute atomic E-state index is 12.5.